The second-order valence-corrected chi connectivity index (χ2v) is 11.0. The Morgan fingerprint density at radius 1 is 1.11 bits per heavy atom. The predicted octanol–water partition coefficient (Wildman–Crippen LogP) is 5.36. The second kappa shape index (κ2) is 8.97. The molecule has 0 fully saturated rings. The van der Waals surface area contributed by atoms with Gasteiger partial charge >= 0.3 is 12.4 Å². The lowest BCUT2D eigenvalue weighted by molar-refractivity contribution is -0.142. The molecule has 17 heteroatoms. The average Bonchev–Trinajstić information content (AvgIpc) is 3.35. The summed E-state index contributed by atoms with van der Waals surface area (Å²) in [6.07, 6.45) is -8.84. The number of sulfonamides is 1. The first-order valence-corrected chi connectivity index (χ1v) is 12.5. The van der Waals surface area contributed by atoms with Crippen molar-refractivity contribution >= 4 is 50.2 Å². The van der Waals surface area contributed by atoms with E-state index in [9.17, 15) is 39.6 Å². The van der Waals surface area contributed by atoms with Crippen molar-refractivity contribution in [2.75, 3.05) is 5.32 Å². The molecule has 1 aromatic carbocycles. The summed E-state index contributed by atoms with van der Waals surface area (Å²) in [5.41, 5.74) is -4.16. The van der Waals surface area contributed by atoms with Crippen molar-refractivity contribution in [3.63, 3.8) is 0 Å². The van der Waals surface area contributed by atoms with E-state index in [4.69, 9.17) is 16.7 Å². The standard InChI is InChI=1S/C20H12ClF6N5O3S2/c1-8-4-9(2-3-11(8)19(22,23)24)12-5-14(20(25,26)27)32-17(30-12)10(7-29-32)18(33)31-13-6-15(36-16(13)21)37(28,34)35/h2-7H,1H3,(H,31,33)(H2,28,34,35). The first-order chi connectivity index (χ1) is 17.0. The van der Waals surface area contributed by atoms with Gasteiger partial charge in [-0.05, 0) is 36.8 Å². The van der Waals surface area contributed by atoms with Crippen molar-refractivity contribution in [2.24, 2.45) is 5.14 Å². The summed E-state index contributed by atoms with van der Waals surface area (Å²) in [5, 5.41) is 10.9. The van der Waals surface area contributed by atoms with Gasteiger partial charge in [0.15, 0.2) is 11.3 Å². The number of nitrogens with zero attached hydrogens (tertiary/aromatic N) is 3. The molecule has 37 heavy (non-hydrogen) atoms. The van der Waals surface area contributed by atoms with E-state index in [-0.39, 0.29) is 31.1 Å². The molecular formula is C20H12ClF6N5O3S2. The number of anilines is 1. The van der Waals surface area contributed by atoms with Crippen LogP contribution in [0.15, 0.2) is 40.7 Å². The van der Waals surface area contributed by atoms with Crippen LogP contribution in [0.1, 0.15) is 27.2 Å². The van der Waals surface area contributed by atoms with E-state index < -0.39 is 50.8 Å². The molecule has 0 bridgehead atoms. The molecule has 4 rings (SSSR count). The first-order valence-electron chi connectivity index (χ1n) is 9.74. The lowest BCUT2D eigenvalue weighted by Gasteiger charge is -2.14. The summed E-state index contributed by atoms with van der Waals surface area (Å²) < 4.78 is 104. The number of carbonyl (C=O) groups excluding carboxylic acids is 1. The van der Waals surface area contributed by atoms with E-state index in [1.165, 1.54) is 0 Å². The van der Waals surface area contributed by atoms with E-state index in [2.05, 4.69) is 15.4 Å². The maximum absolute atomic E-state index is 13.8. The molecule has 0 saturated heterocycles. The van der Waals surface area contributed by atoms with Gasteiger partial charge in [0.25, 0.3) is 5.91 Å². The largest absolute Gasteiger partial charge is 0.433 e. The number of hydrogen-bond donors (Lipinski definition) is 2. The normalized spacial score (nSPS) is 12.8. The van der Waals surface area contributed by atoms with E-state index in [0.29, 0.717) is 21.9 Å². The first kappa shape index (κ1) is 26.8. The number of rotatable bonds is 4. The van der Waals surface area contributed by atoms with Crippen LogP contribution in [0.2, 0.25) is 4.34 Å². The number of benzene rings is 1. The Bertz CT molecular complexity index is 1660. The minimum Gasteiger partial charge on any atom is -0.320 e. The highest BCUT2D eigenvalue weighted by Crippen LogP contribution is 2.37. The Morgan fingerprint density at radius 3 is 2.32 bits per heavy atom. The molecule has 3 N–H and O–H groups in total. The number of primary sulfonamides is 1. The number of alkyl halides is 6. The van der Waals surface area contributed by atoms with Crippen LogP contribution < -0.4 is 10.5 Å². The monoisotopic (exact) mass is 583 g/mol. The number of fused-ring (bicyclic) bond motifs is 1. The molecule has 0 unspecified atom stereocenters. The highest BCUT2D eigenvalue weighted by atomic mass is 35.5. The van der Waals surface area contributed by atoms with Crippen LogP contribution in [0.5, 0.6) is 0 Å². The molecule has 3 aromatic heterocycles. The van der Waals surface area contributed by atoms with Crippen LogP contribution in [0.4, 0.5) is 32.0 Å². The molecular weight excluding hydrogens is 572 g/mol. The Balaban J connectivity index is 1.83. The van der Waals surface area contributed by atoms with Gasteiger partial charge in [0.05, 0.1) is 23.1 Å². The van der Waals surface area contributed by atoms with Crippen molar-refractivity contribution < 1.29 is 39.6 Å². The average molecular weight is 584 g/mol. The van der Waals surface area contributed by atoms with Gasteiger partial charge in [-0.15, -0.1) is 11.3 Å². The molecule has 0 aliphatic carbocycles. The summed E-state index contributed by atoms with van der Waals surface area (Å²) >= 11 is 6.49. The molecule has 0 aliphatic rings. The van der Waals surface area contributed by atoms with E-state index in [1.54, 1.807) is 0 Å². The number of aryl methyl sites for hydroxylation is 1. The Hall–Kier alpha value is -3.21. The quantitative estimate of drug-likeness (QED) is 0.314. The number of thiophene rings is 1. The number of nitrogens with one attached hydrogen (secondary N) is 1. The van der Waals surface area contributed by atoms with Crippen molar-refractivity contribution in [3.8, 4) is 11.3 Å². The minimum atomic E-state index is -4.97. The van der Waals surface area contributed by atoms with Gasteiger partial charge in [0, 0.05) is 5.56 Å². The number of aromatic nitrogens is 3. The summed E-state index contributed by atoms with van der Waals surface area (Å²) in [5.74, 6) is -1.03. The SMILES string of the molecule is Cc1cc(-c2cc(C(F)(F)F)n3ncc(C(=O)Nc4cc(S(N)(=O)=O)sc4Cl)c3n2)ccc1C(F)(F)F. The lowest BCUT2D eigenvalue weighted by atomic mass is 10.0. The van der Waals surface area contributed by atoms with Crippen molar-refractivity contribution in [2.45, 2.75) is 23.5 Å². The third kappa shape index (κ3) is 5.27. The number of halogens is 7. The molecule has 0 spiro atoms. The summed E-state index contributed by atoms with van der Waals surface area (Å²) in [6.45, 7) is 1.15. The molecule has 1 amide bonds. The van der Waals surface area contributed by atoms with Gasteiger partial charge in [0.1, 0.15) is 14.1 Å². The Kier molecular flexibility index (Phi) is 6.51. The van der Waals surface area contributed by atoms with Crippen LogP contribution in [0.25, 0.3) is 16.9 Å². The molecule has 4 aromatic rings. The number of amides is 1. The molecule has 0 radical (unpaired) electrons. The molecule has 0 saturated carbocycles. The van der Waals surface area contributed by atoms with Crippen LogP contribution in [-0.4, -0.2) is 28.9 Å². The van der Waals surface area contributed by atoms with Crippen molar-refractivity contribution in [1.82, 2.24) is 14.6 Å². The van der Waals surface area contributed by atoms with Crippen molar-refractivity contribution in [3.05, 3.63) is 63.2 Å². The lowest BCUT2D eigenvalue weighted by Crippen LogP contribution is -2.16. The van der Waals surface area contributed by atoms with Crippen molar-refractivity contribution in [1.29, 1.82) is 0 Å². The van der Waals surface area contributed by atoms with Gasteiger partial charge in [0.2, 0.25) is 10.0 Å². The summed E-state index contributed by atoms with van der Waals surface area (Å²) in [7, 11) is -4.14. The predicted molar refractivity (Wildman–Crippen MR) is 122 cm³/mol. The number of carbonyl (C=O) groups is 1. The maximum Gasteiger partial charge on any atom is 0.433 e. The third-order valence-electron chi connectivity index (χ3n) is 5.03. The van der Waals surface area contributed by atoms with Gasteiger partial charge in [-0.1, -0.05) is 17.7 Å². The van der Waals surface area contributed by atoms with Crippen LogP contribution in [-0.2, 0) is 22.4 Å². The molecule has 0 atom stereocenters. The second-order valence-electron chi connectivity index (χ2n) is 7.60. The topological polar surface area (TPSA) is 119 Å². The van der Waals surface area contributed by atoms with Crippen LogP contribution in [0.3, 0.4) is 0 Å². The molecule has 196 valence electrons. The zero-order valence-corrected chi connectivity index (χ0v) is 20.5. The van der Waals surface area contributed by atoms with Gasteiger partial charge in [-0.2, -0.15) is 31.4 Å². The van der Waals surface area contributed by atoms with Gasteiger partial charge < -0.3 is 5.32 Å². The Morgan fingerprint density at radius 2 is 1.78 bits per heavy atom. The molecule has 8 nitrogen and oxygen atoms in total. The molecule has 0 aliphatic heterocycles. The summed E-state index contributed by atoms with van der Waals surface area (Å²) in [4.78, 5) is 16.9. The number of nitrogens with two attached hydrogens (primary N) is 1. The van der Waals surface area contributed by atoms with Gasteiger partial charge in [-0.25, -0.2) is 23.1 Å². The number of hydrogen-bond acceptors (Lipinski definition) is 6. The Labute approximate surface area is 212 Å². The highest BCUT2D eigenvalue weighted by molar-refractivity contribution is 7.91. The smallest absolute Gasteiger partial charge is 0.320 e. The fourth-order valence-electron chi connectivity index (χ4n) is 3.38. The third-order valence-corrected chi connectivity index (χ3v) is 7.81. The van der Waals surface area contributed by atoms with E-state index in [0.717, 1.165) is 37.4 Å². The molecule has 3 heterocycles. The fraction of sp³-hybridized carbons (Fsp3) is 0.150. The van der Waals surface area contributed by atoms with E-state index in [1.807, 2.05) is 0 Å². The summed E-state index contributed by atoms with van der Waals surface area (Å²) in [6, 6.07) is 4.27. The maximum atomic E-state index is 13.8. The zero-order valence-electron chi connectivity index (χ0n) is 18.1. The van der Waals surface area contributed by atoms with Crippen LogP contribution >= 0.6 is 22.9 Å². The zero-order chi connectivity index (χ0) is 27.5. The fourth-order valence-corrected chi connectivity index (χ4v) is 5.43. The van der Waals surface area contributed by atoms with Crippen LogP contribution in [0, 0.1) is 6.92 Å². The highest BCUT2D eigenvalue weighted by Gasteiger charge is 2.37. The van der Waals surface area contributed by atoms with E-state index >= 15 is 0 Å². The van der Waals surface area contributed by atoms with Gasteiger partial charge in [-0.3, -0.25) is 4.79 Å². The minimum absolute atomic E-state index is 0.0651.